The Morgan fingerprint density at radius 3 is 2.79 bits per heavy atom. The number of benzene rings is 2. The number of fused-ring (bicyclic) bond motifs is 2. The van der Waals surface area contributed by atoms with Crippen molar-refractivity contribution in [3.05, 3.63) is 59.3 Å². The molecule has 28 heavy (non-hydrogen) atoms. The first-order valence-electron chi connectivity index (χ1n) is 9.17. The number of halogens is 1. The van der Waals surface area contributed by atoms with Crippen LogP contribution in [0.2, 0.25) is 5.02 Å². The van der Waals surface area contributed by atoms with Gasteiger partial charge in [0.1, 0.15) is 11.1 Å². The number of nitrogens with zero attached hydrogens (tertiary/aromatic N) is 2. The van der Waals surface area contributed by atoms with Gasteiger partial charge in [-0.25, -0.2) is 4.98 Å². The first kappa shape index (κ1) is 18.9. The zero-order valence-electron chi connectivity index (χ0n) is 15.7. The molecule has 5 nitrogen and oxygen atoms in total. The summed E-state index contributed by atoms with van der Waals surface area (Å²) in [4.78, 5) is 21.0. The van der Waals surface area contributed by atoms with E-state index in [0.29, 0.717) is 28.0 Å². The number of amides is 1. The molecule has 4 aromatic rings. The molecule has 0 radical (unpaired) electrons. The van der Waals surface area contributed by atoms with Gasteiger partial charge in [-0.3, -0.25) is 9.69 Å². The van der Waals surface area contributed by atoms with E-state index >= 15 is 0 Å². The van der Waals surface area contributed by atoms with Gasteiger partial charge in [0.05, 0.1) is 30.4 Å². The lowest BCUT2D eigenvalue weighted by molar-refractivity contribution is -0.858. The van der Waals surface area contributed by atoms with Gasteiger partial charge in [-0.2, -0.15) is 0 Å². The summed E-state index contributed by atoms with van der Waals surface area (Å²) in [5.74, 6) is 0.142. The first-order valence-corrected chi connectivity index (χ1v) is 10.4. The molecule has 7 heteroatoms. The van der Waals surface area contributed by atoms with Gasteiger partial charge in [0.2, 0.25) is 0 Å². The number of nitrogens with one attached hydrogen (secondary N) is 1. The van der Waals surface area contributed by atoms with Gasteiger partial charge in [0.15, 0.2) is 10.9 Å². The van der Waals surface area contributed by atoms with Crippen LogP contribution >= 0.6 is 22.9 Å². The van der Waals surface area contributed by atoms with E-state index in [4.69, 9.17) is 16.0 Å². The number of anilines is 1. The third-order valence-electron chi connectivity index (χ3n) is 4.53. The Bertz CT molecular complexity index is 1100. The summed E-state index contributed by atoms with van der Waals surface area (Å²) in [6.07, 6.45) is 0.859. The van der Waals surface area contributed by atoms with Crippen molar-refractivity contribution in [2.75, 3.05) is 32.1 Å². The van der Waals surface area contributed by atoms with Crippen LogP contribution in [0.5, 0.6) is 0 Å². The van der Waals surface area contributed by atoms with E-state index in [0.717, 1.165) is 28.6 Å². The SMILES string of the molecule is C[NH+](C)CCCN(C(=O)c1cc2ccccc2o1)c1nc2c(Cl)cccc2s1. The Morgan fingerprint density at radius 2 is 2.04 bits per heavy atom. The lowest BCUT2D eigenvalue weighted by Gasteiger charge is -2.19. The first-order chi connectivity index (χ1) is 13.5. The molecule has 0 aliphatic heterocycles. The molecule has 0 unspecified atom stereocenters. The van der Waals surface area contributed by atoms with Crippen molar-refractivity contribution >= 4 is 55.2 Å². The van der Waals surface area contributed by atoms with Crippen molar-refractivity contribution in [2.24, 2.45) is 0 Å². The van der Waals surface area contributed by atoms with Crippen molar-refractivity contribution in [1.29, 1.82) is 0 Å². The third kappa shape index (κ3) is 3.76. The molecule has 1 N–H and O–H groups in total. The second-order valence-electron chi connectivity index (χ2n) is 7.00. The minimum absolute atomic E-state index is 0.180. The number of hydrogen-bond acceptors (Lipinski definition) is 4. The Morgan fingerprint density at radius 1 is 1.21 bits per heavy atom. The lowest BCUT2D eigenvalue weighted by Crippen LogP contribution is -3.05. The van der Waals surface area contributed by atoms with Crippen LogP contribution in [0.25, 0.3) is 21.2 Å². The second-order valence-corrected chi connectivity index (χ2v) is 8.42. The van der Waals surface area contributed by atoms with Crippen molar-refractivity contribution in [2.45, 2.75) is 6.42 Å². The fourth-order valence-electron chi connectivity index (χ4n) is 3.11. The molecule has 2 aromatic carbocycles. The minimum Gasteiger partial charge on any atom is -0.451 e. The van der Waals surface area contributed by atoms with Gasteiger partial charge in [-0.05, 0) is 24.3 Å². The minimum atomic E-state index is -0.180. The average Bonchev–Trinajstić information content (AvgIpc) is 3.29. The van der Waals surface area contributed by atoms with Crippen LogP contribution < -0.4 is 9.80 Å². The van der Waals surface area contributed by atoms with Crippen LogP contribution in [-0.2, 0) is 0 Å². The Labute approximate surface area is 172 Å². The van der Waals surface area contributed by atoms with Gasteiger partial charge < -0.3 is 9.32 Å². The number of carbonyl (C=O) groups is 1. The third-order valence-corrected chi connectivity index (χ3v) is 5.88. The van der Waals surface area contributed by atoms with Crippen molar-refractivity contribution in [3.8, 4) is 0 Å². The highest BCUT2D eigenvalue weighted by Gasteiger charge is 2.24. The number of hydrogen-bond donors (Lipinski definition) is 1. The Balaban J connectivity index is 1.71. The van der Waals surface area contributed by atoms with E-state index < -0.39 is 0 Å². The number of thiazole rings is 1. The molecule has 0 aliphatic rings. The highest BCUT2D eigenvalue weighted by atomic mass is 35.5. The number of para-hydroxylation sites is 2. The second kappa shape index (κ2) is 7.91. The Hall–Kier alpha value is -2.41. The number of aromatic nitrogens is 1. The maximum Gasteiger partial charge on any atom is 0.295 e. The van der Waals surface area contributed by atoms with Crippen molar-refractivity contribution in [3.63, 3.8) is 0 Å². The van der Waals surface area contributed by atoms with Gasteiger partial charge >= 0.3 is 0 Å². The molecule has 0 atom stereocenters. The summed E-state index contributed by atoms with van der Waals surface area (Å²) < 4.78 is 6.77. The van der Waals surface area contributed by atoms with Crippen LogP contribution in [0, 0.1) is 0 Å². The molecule has 0 fully saturated rings. The molecule has 0 spiro atoms. The van der Waals surface area contributed by atoms with E-state index in [9.17, 15) is 4.79 Å². The number of furan rings is 1. The standard InChI is InChI=1S/C21H20ClN3O2S/c1-24(2)11-6-12-25(21-23-19-15(22)8-5-10-18(19)28-21)20(26)17-13-14-7-3-4-9-16(14)27-17/h3-5,7-10,13H,6,11-12H2,1-2H3/p+1. The van der Waals surface area contributed by atoms with E-state index in [1.165, 1.54) is 16.2 Å². The summed E-state index contributed by atoms with van der Waals surface area (Å²) in [5, 5.41) is 2.15. The van der Waals surface area contributed by atoms with E-state index in [1.54, 1.807) is 11.0 Å². The summed E-state index contributed by atoms with van der Waals surface area (Å²) >= 11 is 7.76. The number of rotatable bonds is 6. The predicted molar refractivity (Wildman–Crippen MR) is 115 cm³/mol. The maximum absolute atomic E-state index is 13.3. The van der Waals surface area contributed by atoms with Crippen LogP contribution in [0.3, 0.4) is 0 Å². The molecule has 0 saturated carbocycles. The van der Waals surface area contributed by atoms with Crippen LogP contribution in [0.15, 0.2) is 52.9 Å². The summed E-state index contributed by atoms with van der Waals surface area (Å²) in [7, 11) is 4.20. The number of carbonyl (C=O) groups excluding carboxylic acids is 1. The van der Waals surface area contributed by atoms with Crippen LogP contribution in [0.1, 0.15) is 17.0 Å². The lowest BCUT2D eigenvalue weighted by atomic mass is 10.2. The Kier molecular flexibility index (Phi) is 5.35. The molecule has 2 heterocycles. The molecule has 1 amide bonds. The van der Waals surface area contributed by atoms with Gasteiger partial charge in [0, 0.05) is 18.4 Å². The molecule has 4 rings (SSSR count). The molecule has 0 aliphatic carbocycles. The largest absolute Gasteiger partial charge is 0.451 e. The summed E-state index contributed by atoms with van der Waals surface area (Å²) in [6.45, 7) is 1.52. The van der Waals surface area contributed by atoms with E-state index in [1.807, 2.05) is 42.5 Å². The highest BCUT2D eigenvalue weighted by molar-refractivity contribution is 7.22. The van der Waals surface area contributed by atoms with Crippen molar-refractivity contribution in [1.82, 2.24) is 4.98 Å². The predicted octanol–water partition coefficient (Wildman–Crippen LogP) is 3.88. The van der Waals surface area contributed by atoms with Gasteiger partial charge in [-0.15, -0.1) is 0 Å². The van der Waals surface area contributed by atoms with Crippen LogP contribution in [-0.4, -0.2) is 38.1 Å². The van der Waals surface area contributed by atoms with Crippen molar-refractivity contribution < 1.29 is 14.1 Å². The average molecular weight is 415 g/mol. The quantitative estimate of drug-likeness (QED) is 0.521. The maximum atomic E-state index is 13.3. The summed E-state index contributed by atoms with van der Waals surface area (Å²) in [5.41, 5.74) is 1.43. The monoisotopic (exact) mass is 414 g/mol. The molecular formula is C21H21ClN3O2S+. The molecular weight excluding hydrogens is 394 g/mol. The van der Waals surface area contributed by atoms with E-state index in [-0.39, 0.29) is 5.91 Å². The topological polar surface area (TPSA) is 50.8 Å². The fourth-order valence-corrected chi connectivity index (χ4v) is 4.40. The summed E-state index contributed by atoms with van der Waals surface area (Å²) in [6, 6.07) is 15.1. The molecule has 0 bridgehead atoms. The molecule has 144 valence electrons. The zero-order valence-corrected chi connectivity index (χ0v) is 17.3. The fraction of sp³-hybridized carbons (Fsp3) is 0.238. The van der Waals surface area contributed by atoms with E-state index in [2.05, 4.69) is 19.1 Å². The molecule has 0 saturated heterocycles. The smallest absolute Gasteiger partial charge is 0.295 e. The normalized spacial score (nSPS) is 11.6. The molecule has 2 aromatic heterocycles. The zero-order chi connectivity index (χ0) is 19.7. The van der Waals surface area contributed by atoms with Crippen LogP contribution in [0.4, 0.5) is 5.13 Å². The van der Waals surface area contributed by atoms with Gasteiger partial charge in [0.25, 0.3) is 5.91 Å². The number of quaternary nitrogens is 1. The highest BCUT2D eigenvalue weighted by Crippen LogP contribution is 2.34. The van der Waals surface area contributed by atoms with Gasteiger partial charge in [-0.1, -0.05) is 47.2 Å².